The van der Waals surface area contributed by atoms with Crippen LogP contribution in [0.25, 0.3) is 0 Å². The molecule has 1 N–H and O–H groups in total. The molecule has 0 aromatic heterocycles. The Morgan fingerprint density at radius 1 is 1.20 bits per heavy atom. The third-order valence-corrected chi connectivity index (χ3v) is 3.16. The first-order valence-corrected chi connectivity index (χ1v) is 6.02. The molecule has 0 aliphatic heterocycles. The first-order chi connectivity index (χ1) is 7.25. The van der Waals surface area contributed by atoms with Crippen LogP contribution in [0.3, 0.4) is 0 Å². The molecule has 0 unspecified atom stereocenters. The van der Waals surface area contributed by atoms with Crippen molar-refractivity contribution in [3.05, 3.63) is 34.3 Å². The lowest BCUT2D eigenvalue weighted by Crippen LogP contribution is -2.07. The number of hydrogen-bond acceptors (Lipinski definition) is 1. The summed E-state index contributed by atoms with van der Waals surface area (Å²) in [5.74, 6) is 0. The Morgan fingerprint density at radius 3 is 2.73 bits per heavy atom. The third kappa shape index (κ3) is 4.23. The van der Waals surface area contributed by atoms with Crippen LogP contribution in [0.5, 0.6) is 0 Å². The number of halogens is 1. The normalized spacial score (nSPS) is 10.6. The largest absolute Gasteiger partial charge is 0.320 e. The van der Waals surface area contributed by atoms with Crippen LogP contribution in [-0.4, -0.2) is 13.6 Å². The molecule has 1 aromatic rings. The van der Waals surface area contributed by atoms with E-state index < -0.39 is 0 Å². The molecule has 0 saturated heterocycles. The van der Waals surface area contributed by atoms with Gasteiger partial charge < -0.3 is 5.32 Å². The Hall–Kier alpha value is -0.530. The summed E-state index contributed by atoms with van der Waals surface area (Å²) in [6.07, 6.45) is 4.95. The number of rotatable bonds is 6. The van der Waals surface area contributed by atoms with Gasteiger partial charge in [-0.05, 0) is 57.0 Å². The van der Waals surface area contributed by atoms with Crippen molar-refractivity contribution in [2.45, 2.75) is 32.6 Å². The lowest BCUT2D eigenvalue weighted by atomic mass is 10.0. The van der Waals surface area contributed by atoms with E-state index in [1.165, 1.54) is 30.4 Å². The van der Waals surface area contributed by atoms with Crippen molar-refractivity contribution in [1.82, 2.24) is 5.32 Å². The Kier molecular flexibility index (Phi) is 5.74. The highest BCUT2D eigenvalue weighted by Crippen LogP contribution is 2.20. The first kappa shape index (κ1) is 12.5. The summed E-state index contributed by atoms with van der Waals surface area (Å²) in [5, 5.41) is 4.06. The van der Waals surface area contributed by atoms with Crippen molar-refractivity contribution in [2.75, 3.05) is 13.6 Å². The van der Waals surface area contributed by atoms with Gasteiger partial charge in [-0.3, -0.25) is 0 Å². The second-order valence-corrected chi connectivity index (χ2v) is 4.35. The summed E-state index contributed by atoms with van der Waals surface area (Å²) >= 11 is 6.07. The molecule has 1 aromatic carbocycles. The predicted molar refractivity (Wildman–Crippen MR) is 67.7 cm³/mol. The van der Waals surface area contributed by atoms with Gasteiger partial charge in [0.05, 0.1) is 0 Å². The zero-order valence-electron chi connectivity index (χ0n) is 9.65. The number of benzene rings is 1. The minimum absolute atomic E-state index is 0.891. The molecule has 0 aliphatic carbocycles. The fourth-order valence-corrected chi connectivity index (χ4v) is 1.91. The Morgan fingerprint density at radius 2 is 2.00 bits per heavy atom. The molecule has 0 aliphatic rings. The molecule has 0 radical (unpaired) electrons. The summed E-state index contributed by atoms with van der Waals surface area (Å²) < 4.78 is 0. The molecule has 0 atom stereocenters. The molecule has 84 valence electrons. The van der Waals surface area contributed by atoms with Crippen LogP contribution in [0.1, 0.15) is 30.4 Å². The molecule has 0 spiro atoms. The summed E-state index contributed by atoms with van der Waals surface area (Å²) in [6.45, 7) is 3.22. The standard InChI is InChI=1S/C13H20ClN/c1-11-12(8-6-9-13(11)14)7-4-3-5-10-15-2/h6,8-9,15H,3-5,7,10H2,1-2H3. The second-order valence-electron chi connectivity index (χ2n) is 3.94. The first-order valence-electron chi connectivity index (χ1n) is 5.64. The van der Waals surface area contributed by atoms with Crippen molar-refractivity contribution in [3.8, 4) is 0 Å². The van der Waals surface area contributed by atoms with E-state index in [0.29, 0.717) is 0 Å². The number of nitrogens with one attached hydrogen (secondary N) is 1. The number of aryl methyl sites for hydroxylation is 1. The summed E-state index contributed by atoms with van der Waals surface area (Å²) in [4.78, 5) is 0. The van der Waals surface area contributed by atoms with E-state index in [1.54, 1.807) is 0 Å². The topological polar surface area (TPSA) is 12.0 Å². The monoisotopic (exact) mass is 225 g/mol. The van der Waals surface area contributed by atoms with Crippen LogP contribution in [-0.2, 0) is 6.42 Å². The van der Waals surface area contributed by atoms with Gasteiger partial charge in [0.15, 0.2) is 0 Å². The molecular formula is C13H20ClN. The molecule has 0 fully saturated rings. The quantitative estimate of drug-likeness (QED) is 0.730. The summed E-state index contributed by atoms with van der Waals surface area (Å²) in [7, 11) is 2.00. The van der Waals surface area contributed by atoms with E-state index in [0.717, 1.165) is 18.0 Å². The Bertz CT molecular complexity index is 297. The fourth-order valence-electron chi connectivity index (χ4n) is 1.72. The van der Waals surface area contributed by atoms with Crippen molar-refractivity contribution < 1.29 is 0 Å². The molecule has 0 bridgehead atoms. The van der Waals surface area contributed by atoms with Gasteiger partial charge in [0.2, 0.25) is 0 Å². The van der Waals surface area contributed by atoms with Crippen molar-refractivity contribution in [2.24, 2.45) is 0 Å². The number of hydrogen-bond donors (Lipinski definition) is 1. The van der Waals surface area contributed by atoms with E-state index in [2.05, 4.69) is 18.3 Å². The minimum Gasteiger partial charge on any atom is -0.320 e. The fraction of sp³-hybridized carbons (Fsp3) is 0.538. The van der Waals surface area contributed by atoms with Crippen LogP contribution in [0, 0.1) is 6.92 Å². The smallest absolute Gasteiger partial charge is 0.0437 e. The Labute approximate surface area is 97.8 Å². The van der Waals surface area contributed by atoms with Gasteiger partial charge in [-0.25, -0.2) is 0 Å². The van der Waals surface area contributed by atoms with E-state index in [4.69, 9.17) is 11.6 Å². The maximum Gasteiger partial charge on any atom is 0.0437 e. The van der Waals surface area contributed by atoms with Crippen molar-refractivity contribution >= 4 is 11.6 Å². The molecule has 0 heterocycles. The van der Waals surface area contributed by atoms with Gasteiger partial charge in [-0.1, -0.05) is 30.2 Å². The van der Waals surface area contributed by atoms with Gasteiger partial charge in [-0.15, -0.1) is 0 Å². The average Bonchev–Trinajstić information content (AvgIpc) is 2.24. The number of unbranched alkanes of at least 4 members (excludes halogenated alkanes) is 2. The molecule has 0 amide bonds. The van der Waals surface area contributed by atoms with Gasteiger partial charge >= 0.3 is 0 Å². The van der Waals surface area contributed by atoms with E-state index >= 15 is 0 Å². The van der Waals surface area contributed by atoms with E-state index in [1.807, 2.05) is 19.2 Å². The second kappa shape index (κ2) is 6.86. The van der Waals surface area contributed by atoms with Gasteiger partial charge in [0.25, 0.3) is 0 Å². The van der Waals surface area contributed by atoms with Gasteiger partial charge in [0, 0.05) is 5.02 Å². The molecule has 2 heteroatoms. The molecular weight excluding hydrogens is 206 g/mol. The van der Waals surface area contributed by atoms with Crippen LogP contribution < -0.4 is 5.32 Å². The van der Waals surface area contributed by atoms with Crippen LogP contribution in [0.2, 0.25) is 5.02 Å². The SMILES string of the molecule is CNCCCCCc1cccc(Cl)c1C. The molecule has 1 nitrogen and oxygen atoms in total. The summed E-state index contributed by atoms with van der Waals surface area (Å²) in [5.41, 5.74) is 2.64. The van der Waals surface area contributed by atoms with Crippen LogP contribution in [0.15, 0.2) is 18.2 Å². The highest BCUT2D eigenvalue weighted by atomic mass is 35.5. The maximum absolute atomic E-state index is 6.07. The lowest BCUT2D eigenvalue weighted by Gasteiger charge is -2.07. The van der Waals surface area contributed by atoms with Crippen LogP contribution >= 0.6 is 11.6 Å². The minimum atomic E-state index is 0.891. The third-order valence-electron chi connectivity index (χ3n) is 2.75. The zero-order chi connectivity index (χ0) is 11.1. The van der Waals surface area contributed by atoms with Crippen LogP contribution in [0.4, 0.5) is 0 Å². The van der Waals surface area contributed by atoms with E-state index in [-0.39, 0.29) is 0 Å². The maximum atomic E-state index is 6.07. The highest BCUT2D eigenvalue weighted by Gasteiger charge is 2.01. The molecule has 15 heavy (non-hydrogen) atoms. The highest BCUT2D eigenvalue weighted by molar-refractivity contribution is 6.31. The molecule has 1 rings (SSSR count). The average molecular weight is 226 g/mol. The van der Waals surface area contributed by atoms with Crippen molar-refractivity contribution in [1.29, 1.82) is 0 Å². The predicted octanol–water partition coefficient (Wildman–Crippen LogP) is 3.58. The molecule has 0 saturated carbocycles. The Balaban J connectivity index is 2.34. The van der Waals surface area contributed by atoms with Gasteiger partial charge in [0.1, 0.15) is 0 Å². The summed E-state index contributed by atoms with van der Waals surface area (Å²) in [6, 6.07) is 6.18. The van der Waals surface area contributed by atoms with Gasteiger partial charge in [-0.2, -0.15) is 0 Å². The van der Waals surface area contributed by atoms with Crippen molar-refractivity contribution in [3.63, 3.8) is 0 Å². The lowest BCUT2D eigenvalue weighted by molar-refractivity contribution is 0.641. The zero-order valence-corrected chi connectivity index (χ0v) is 10.4. The van der Waals surface area contributed by atoms with E-state index in [9.17, 15) is 0 Å².